The van der Waals surface area contributed by atoms with Crippen LogP contribution < -0.4 is 10.7 Å². The maximum absolute atomic E-state index is 12.0. The minimum absolute atomic E-state index is 0.0798. The van der Waals surface area contributed by atoms with Gasteiger partial charge < -0.3 is 5.32 Å². The largest absolute Gasteiger partial charge is 0.326 e. The predicted octanol–water partition coefficient (Wildman–Crippen LogP) is 3.38. The first kappa shape index (κ1) is 19.1. The second kappa shape index (κ2) is 8.72. The van der Waals surface area contributed by atoms with Gasteiger partial charge >= 0.3 is 0 Å². The molecule has 0 aromatic heterocycles. The number of carbonyl (C=O) groups is 2. The van der Waals surface area contributed by atoms with E-state index >= 15 is 0 Å². The molecule has 0 saturated heterocycles. The van der Waals surface area contributed by atoms with Crippen molar-refractivity contribution in [1.82, 2.24) is 5.43 Å². The standard InChI is InChI=1S/C17H15ClN4O4/c1-11(20-21-17(24)12-5-7-13(18)8-6-12)9-16(23)19-14-3-2-4-15(10-14)22(25)26/h2-8,10H,9H2,1H3,(H,19,23)(H,21,24)/b20-11+. The molecule has 2 aromatic carbocycles. The first-order chi connectivity index (χ1) is 12.3. The zero-order valence-corrected chi connectivity index (χ0v) is 14.5. The molecular weight excluding hydrogens is 360 g/mol. The van der Waals surface area contributed by atoms with Crippen molar-refractivity contribution in [1.29, 1.82) is 0 Å². The van der Waals surface area contributed by atoms with Gasteiger partial charge in [-0.25, -0.2) is 5.43 Å². The van der Waals surface area contributed by atoms with Crippen molar-refractivity contribution in [3.63, 3.8) is 0 Å². The molecule has 2 aromatic rings. The lowest BCUT2D eigenvalue weighted by Gasteiger charge is -2.05. The van der Waals surface area contributed by atoms with Crippen LogP contribution in [0.3, 0.4) is 0 Å². The summed E-state index contributed by atoms with van der Waals surface area (Å²) in [4.78, 5) is 34.1. The van der Waals surface area contributed by atoms with Gasteiger partial charge in [0.2, 0.25) is 5.91 Å². The summed E-state index contributed by atoms with van der Waals surface area (Å²) >= 11 is 5.75. The molecule has 8 nitrogen and oxygen atoms in total. The molecule has 9 heteroatoms. The number of benzene rings is 2. The van der Waals surface area contributed by atoms with Gasteiger partial charge in [0.1, 0.15) is 0 Å². The SMILES string of the molecule is C/C(CC(=O)Nc1cccc([N+](=O)[O-])c1)=N\NC(=O)c1ccc(Cl)cc1. The maximum atomic E-state index is 12.0. The Hall–Kier alpha value is -3.26. The van der Waals surface area contributed by atoms with Crippen LogP contribution in [0.25, 0.3) is 0 Å². The Morgan fingerprint density at radius 3 is 2.54 bits per heavy atom. The highest BCUT2D eigenvalue weighted by Gasteiger charge is 2.10. The van der Waals surface area contributed by atoms with Crippen LogP contribution in [0.15, 0.2) is 53.6 Å². The lowest BCUT2D eigenvalue weighted by atomic mass is 10.2. The van der Waals surface area contributed by atoms with Gasteiger partial charge in [0.25, 0.3) is 11.6 Å². The van der Waals surface area contributed by atoms with Crippen molar-refractivity contribution in [3.8, 4) is 0 Å². The summed E-state index contributed by atoms with van der Waals surface area (Å²) in [6, 6.07) is 11.9. The molecule has 0 saturated carbocycles. The fourth-order valence-electron chi connectivity index (χ4n) is 1.99. The molecule has 2 amide bonds. The molecule has 0 bridgehead atoms. The number of non-ortho nitro benzene ring substituents is 1. The maximum Gasteiger partial charge on any atom is 0.271 e. The molecule has 2 rings (SSSR count). The minimum Gasteiger partial charge on any atom is -0.326 e. The van der Waals surface area contributed by atoms with E-state index in [1.54, 1.807) is 37.3 Å². The van der Waals surface area contributed by atoms with Crippen LogP contribution >= 0.6 is 11.6 Å². The second-order valence-corrected chi connectivity index (χ2v) is 5.76. The van der Waals surface area contributed by atoms with Crippen molar-refractivity contribution in [3.05, 3.63) is 69.2 Å². The number of nitrogens with one attached hydrogen (secondary N) is 2. The first-order valence-corrected chi connectivity index (χ1v) is 7.86. The van der Waals surface area contributed by atoms with Crippen molar-refractivity contribution in [2.75, 3.05) is 5.32 Å². The van der Waals surface area contributed by atoms with Gasteiger partial charge in [-0.1, -0.05) is 17.7 Å². The summed E-state index contributed by atoms with van der Waals surface area (Å²) in [5.74, 6) is -0.840. The van der Waals surface area contributed by atoms with Crippen molar-refractivity contribution in [2.24, 2.45) is 5.10 Å². The number of anilines is 1. The van der Waals surface area contributed by atoms with E-state index in [4.69, 9.17) is 11.6 Å². The molecule has 0 heterocycles. The summed E-state index contributed by atoms with van der Waals surface area (Å²) in [5, 5.41) is 17.6. The highest BCUT2D eigenvalue weighted by atomic mass is 35.5. The molecule has 0 aliphatic carbocycles. The lowest BCUT2D eigenvalue weighted by molar-refractivity contribution is -0.384. The number of nitro benzene ring substituents is 1. The average Bonchev–Trinajstić information content (AvgIpc) is 2.60. The Bertz CT molecular complexity index is 865. The summed E-state index contributed by atoms with van der Waals surface area (Å²) in [6.45, 7) is 1.58. The number of carbonyl (C=O) groups excluding carboxylic acids is 2. The number of amides is 2. The molecule has 0 aliphatic heterocycles. The summed E-state index contributed by atoms with van der Waals surface area (Å²) < 4.78 is 0. The van der Waals surface area contributed by atoms with Gasteiger partial charge in [-0.2, -0.15) is 5.10 Å². The quantitative estimate of drug-likeness (QED) is 0.458. The minimum atomic E-state index is -0.547. The molecule has 0 aliphatic rings. The van der Waals surface area contributed by atoms with E-state index in [1.807, 2.05) is 0 Å². The van der Waals surface area contributed by atoms with Crippen LogP contribution in [-0.4, -0.2) is 22.4 Å². The molecule has 0 atom stereocenters. The zero-order valence-electron chi connectivity index (χ0n) is 13.7. The van der Waals surface area contributed by atoms with Gasteiger partial charge in [0, 0.05) is 34.1 Å². The predicted molar refractivity (Wildman–Crippen MR) is 98.4 cm³/mol. The van der Waals surface area contributed by atoms with Crippen molar-refractivity contribution >= 4 is 40.5 Å². The van der Waals surface area contributed by atoms with Gasteiger partial charge in [0.05, 0.1) is 11.3 Å². The van der Waals surface area contributed by atoms with Crippen molar-refractivity contribution in [2.45, 2.75) is 13.3 Å². The monoisotopic (exact) mass is 374 g/mol. The summed E-state index contributed by atoms with van der Waals surface area (Å²) in [5.41, 5.74) is 3.29. The number of hydrogen-bond donors (Lipinski definition) is 2. The van der Waals surface area contributed by atoms with Gasteiger partial charge in [0.15, 0.2) is 0 Å². The van der Waals surface area contributed by atoms with Gasteiger partial charge in [-0.05, 0) is 37.3 Å². The topological polar surface area (TPSA) is 114 Å². The van der Waals surface area contributed by atoms with Gasteiger partial charge in [-0.15, -0.1) is 0 Å². The smallest absolute Gasteiger partial charge is 0.271 e. The molecule has 0 fully saturated rings. The number of rotatable bonds is 6. The van der Waals surface area contributed by atoms with Crippen LogP contribution in [0.5, 0.6) is 0 Å². The molecule has 26 heavy (non-hydrogen) atoms. The van der Waals surface area contributed by atoms with Crippen molar-refractivity contribution < 1.29 is 14.5 Å². The van der Waals surface area contributed by atoms with Crippen LogP contribution in [0, 0.1) is 10.1 Å². The van der Waals surface area contributed by atoms with E-state index < -0.39 is 16.7 Å². The molecule has 0 spiro atoms. The molecule has 0 radical (unpaired) electrons. The summed E-state index contributed by atoms with van der Waals surface area (Å²) in [7, 11) is 0. The van der Waals surface area contributed by atoms with E-state index in [2.05, 4.69) is 15.8 Å². The fraction of sp³-hybridized carbons (Fsp3) is 0.118. The fourth-order valence-corrected chi connectivity index (χ4v) is 2.11. The number of hydrazone groups is 1. The molecule has 134 valence electrons. The number of hydrogen-bond acceptors (Lipinski definition) is 5. The number of nitrogens with zero attached hydrogens (tertiary/aromatic N) is 2. The van der Waals surface area contributed by atoms with Crippen LogP contribution in [0.1, 0.15) is 23.7 Å². The van der Waals surface area contributed by atoms with E-state index in [0.29, 0.717) is 22.0 Å². The Balaban J connectivity index is 1.90. The zero-order chi connectivity index (χ0) is 19.1. The number of nitro groups is 1. The number of halogens is 1. The van der Waals surface area contributed by atoms with E-state index in [1.165, 1.54) is 18.2 Å². The third-order valence-corrected chi connectivity index (χ3v) is 3.46. The van der Waals surface area contributed by atoms with E-state index in [-0.39, 0.29) is 12.1 Å². The Morgan fingerprint density at radius 1 is 1.19 bits per heavy atom. The third-order valence-electron chi connectivity index (χ3n) is 3.21. The molecule has 0 unspecified atom stereocenters. The Morgan fingerprint density at radius 2 is 1.88 bits per heavy atom. The lowest BCUT2D eigenvalue weighted by Crippen LogP contribution is -2.21. The molecular formula is C17H15ClN4O4. The van der Waals surface area contributed by atoms with Crippen LogP contribution in [0.2, 0.25) is 5.02 Å². The Kier molecular flexibility index (Phi) is 6.40. The van der Waals surface area contributed by atoms with E-state index in [0.717, 1.165) is 0 Å². The normalized spacial score (nSPS) is 10.9. The first-order valence-electron chi connectivity index (χ1n) is 7.48. The summed E-state index contributed by atoms with van der Waals surface area (Å²) in [6.07, 6.45) is -0.0798. The molecule has 2 N–H and O–H groups in total. The Labute approximate surface area is 154 Å². The highest BCUT2D eigenvalue weighted by Crippen LogP contribution is 2.17. The third kappa shape index (κ3) is 5.67. The van der Waals surface area contributed by atoms with Crippen LogP contribution in [-0.2, 0) is 4.79 Å². The van der Waals surface area contributed by atoms with Crippen LogP contribution in [0.4, 0.5) is 11.4 Å². The van der Waals surface area contributed by atoms with E-state index in [9.17, 15) is 19.7 Å². The average molecular weight is 375 g/mol. The highest BCUT2D eigenvalue weighted by molar-refractivity contribution is 6.30. The second-order valence-electron chi connectivity index (χ2n) is 5.33. The van der Waals surface area contributed by atoms with Gasteiger partial charge in [-0.3, -0.25) is 19.7 Å².